The first-order chi connectivity index (χ1) is 6.04. The number of allylic oxidation sites excluding steroid dienone is 1. The Balaban J connectivity index is 4.47. The van der Waals surface area contributed by atoms with Crippen LogP contribution in [0.2, 0.25) is 0 Å². The molecule has 0 aromatic heterocycles. The molecule has 13 heavy (non-hydrogen) atoms. The second kappa shape index (κ2) is 5.62. The number of nitrogens with zero attached hydrogens (tertiary/aromatic N) is 1. The lowest BCUT2D eigenvalue weighted by atomic mass is 10.2. The number of rotatable bonds is 4. The molecule has 0 heterocycles. The van der Waals surface area contributed by atoms with Crippen LogP contribution in [0.15, 0.2) is 11.3 Å². The van der Waals surface area contributed by atoms with E-state index in [1.165, 1.54) is 0 Å². The predicted octanol–water partition coefficient (Wildman–Crippen LogP) is 1.50. The van der Waals surface area contributed by atoms with Gasteiger partial charge in [-0.25, -0.2) is 0 Å². The van der Waals surface area contributed by atoms with Crippen molar-refractivity contribution in [3.05, 3.63) is 11.3 Å². The Hall–Kier alpha value is -0.990. The molecule has 1 amide bonds. The fourth-order valence-corrected chi connectivity index (χ4v) is 1.08. The summed E-state index contributed by atoms with van der Waals surface area (Å²) in [5, 5.41) is 0. The molecule has 76 valence electrons. The number of amides is 1. The van der Waals surface area contributed by atoms with Gasteiger partial charge in [0.2, 0.25) is 0 Å². The van der Waals surface area contributed by atoms with Crippen molar-refractivity contribution < 1.29 is 4.79 Å². The largest absolute Gasteiger partial charge is 0.402 e. The summed E-state index contributed by atoms with van der Waals surface area (Å²) in [5.41, 5.74) is 6.83. The van der Waals surface area contributed by atoms with Crippen molar-refractivity contribution in [2.24, 2.45) is 5.73 Å². The van der Waals surface area contributed by atoms with Crippen LogP contribution in [0.4, 0.5) is 0 Å². The smallest absolute Gasteiger partial charge is 0.251 e. The second-order valence-corrected chi connectivity index (χ2v) is 3.19. The Kier molecular flexibility index (Phi) is 5.19. The van der Waals surface area contributed by atoms with E-state index in [2.05, 4.69) is 6.92 Å². The van der Waals surface area contributed by atoms with E-state index in [9.17, 15) is 4.79 Å². The van der Waals surface area contributed by atoms with Gasteiger partial charge in [-0.05, 0) is 27.2 Å². The first kappa shape index (κ1) is 12.0. The molecule has 0 radical (unpaired) electrons. The summed E-state index contributed by atoms with van der Waals surface area (Å²) in [6, 6.07) is 0. The molecular weight excluding hydrogens is 164 g/mol. The quantitative estimate of drug-likeness (QED) is 0.673. The third-order valence-electron chi connectivity index (χ3n) is 2.07. The third-order valence-corrected chi connectivity index (χ3v) is 2.07. The van der Waals surface area contributed by atoms with Gasteiger partial charge in [0.1, 0.15) is 0 Å². The normalized spacial score (nSPS) is 12.3. The van der Waals surface area contributed by atoms with E-state index in [0.29, 0.717) is 11.3 Å². The molecule has 3 nitrogen and oxygen atoms in total. The van der Waals surface area contributed by atoms with Crippen molar-refractivity contribution in [3.8, 4) is 0 Å². The monoisotopic (exact) mass is 184 g/mol. The molecule has 0 bridgehead atoms. The number of likely N-dealkylation sites (N-methyl/N-ethyl adjacent to an activating group) is 1. The average Bonchev–Trinajstić information content (AvgIpc) is 2.11. The van der Waals surface area contributed by atoms with Gasteiger partial charge in [0.25, 0.3) is 5.91 Å². The van der Waals surface area contributed by atoms with E-state index < -0.39 is 0 Å². The van der Waals surface area contributed by atoms with E-state index in [-0.39, 0.29) is 5.91 Å². The second-order valence-electron chi connectivity index (χ2n) is 3.19. The molecule has 3 heteroatoms. The lowest BCUT2D eigenvalue weighted by Gasteiger charge is -2.20. The van der Waals surface area contributed by atoms with Gasteiger partial charge in [0, 0.05) is 24.4 Å². The zero-order valence-electron chi connectivity index (χ0n) is 9.05. The third kappa shape index (κ3) is 3.49. The van der Waals surface area contributed by atoms with Gasteiger partial charge in [-0.15, -0.1) is 0 Å². The summed E-state index contributed by atoms with van der Waals surface area (Å²) in [5.74, 6) is 0.0596. The van der Waals surface area contributed by atoms with Crippen molar-refractivity contribution in [2.75, 3.05) is 13.1 Å². The summed E-state index contributed by atoms with van der Waals surface area (Å²) in [4.78, 5) is 13.5. The molecule has 0 saturated heterocycles. The van der Waals surface area contributed by atoms with E-state index in [1.54, 1.807) is 13.8 Å². The maximum absolute atomic E-state index is 11.7. The highest BCUT2D eigenvalue weighted by Crippen LogP contribution is 2.04. The maximum atomic E-state index is 11.7. The van der Waals surface area contributed by atoms with Crippen LogP contribution < -0.4 is 5.73 Å². The van der Waals surface area contributed by atoms with Crippen LogP contribution >= 0.6 is 0 Å². The first-order valence-corrected chi connectivity index (χ1v) is 4.76. The minimum Gasteiger partial charge on any atom is -0.402 e. The van der Waals surface area contributed by atoms with Crippen molar-refractivity contribution in [3.63, 3.8) is 0 Å². The van der Waals surface area contributed by atoms with Gasteiger partial charge in [-0.1, -0.05) is 6.92 Å². The molecule has 0 atom stereocenters. The predicted molar refractivity (Wildman–Crippen MR) is 55.1 cm³/mol. The van der Waals surface area contributed by atoms with Crippen LogP contribution in [0.5, 0.6) is 0 Å². The van der Waals surface area contributed by atoms with Crippen molar-refractivity contribution in [2.45, 2.75) is 34.1 Å². The lowest BCUT2D eigenvalue weighted by molar-refractivity contribution is -0.127. The van der Waals surface area contributed by atoms with Crippen molar-refractivity contribution in [1.82, 2.24) is 4.90 Å². The molecule has 0 aliphatic carbocycles. The summed E-state index contributed by atoms with van der Waals surface area (Å²) in [6.45, 7) is 9.12. The Labute approximate surface area is 80.6 Å². The molecular formula is C10H20N2O. The standard InChI is InChI=1S/C10H20N2O/c1-5-7-12(6-2)10(13)8(3)9(4)11/h5-7,11H2,1-4H3/b9-8-. The fourth-order valence-electron chi connectivity index (χ4n) is 1.08. The highest BCUT2D eigenvalue weighted by Gasteiger charge is 2.13. The Morgan fingerprint density at radius 1 is 1.31 bits per heavy atom. The number of nitrogens with two attached hydrogens (primary N) is 1. The van der Waals surface area contributed by atoms with E-state index in [4.69, 9.17) is 5.73 Å². The summed E-state index contributed by atoms with van der Waals surface area (Å²) < 4.78 is 0. The van der Waals surface area contributed by atoms with Crippen LogP contribution in [0.1, 0.15) is 34.1 Å². The summed E-state index contributed by atoms with van der Waals surface area (Å²) in [6.07, 6.45) is 0.983. The van der Waals surface area contributed by atoms with Gasteiger partial charge < -0.3 is 10.6 Å². The molecule has 0 saturated carbocycles. The summed E-state index contributed by atoms with van der Waals surface area (Å²) in [7, 11) is 0. The molecule has 0 fully saturated rings. The Bertz CT molecular complexity index is 205. The minimum absolute atomic E-state index is 0.0596. The van der Waals surface area contributed by atoms with Crippen LogP contribution in [0, 0.1) is 0 Å². The molecule has 0 unspecified atom stereocenters. The van der Waals surface area contributed by atoms with Crippen molar-refractivity contribution >= 4 is 5.91 Å². The van der Waals surface area contributed by atoms with E-state index >= 15 is 0 Å². The van der Waals surface area contributed by atoms with Gasteiger partial charge in [-0.2, -0.15) is 0 Å². The molecule has 0 aliphatic rings. The molecule has 0 aliphatic heterocycles. The van der Waals surface area contributed by atoms with Crippen LogP contribution in [-0.2, 0) is 4.79 Å². The van der Waals surface area contributed by atoms with Crippen LogP contribution in [0.3, 0.4) is 0 Å². The molecule has 0 aromatic carbocycles. The van der Waals surface area contributed by atoms with Crippen LogP contribution in [-0.4, -0.2) is 23.9 Å². The highest BCUT2D eigenvalue weighted by molar-refractivity contribution is 5.93. The number of hydrogen-bond acceptors (Lipinski definition) is 2. The van der Waals surface area contributed by atoms with Gasteiger partial charge in [0.15, 0.2) is 0 Å². The number of hydrogen-bond donors (Lipinski definition) is 1. The zero-order chi connectivity index (χ0) is 10.4. The number of carbonyl (C=O) groups is 1. The van der Waals surface area contributed by atoms with Gasteiger partial charge in [0.05, 0.1) is 0 Å². The lowest BCUT2D eigenvalue weighted by Crippen LogP contribution is -2.32. The Morgan fingerprint density at radius 2 is 1.85 bits per heavy atom. The fraction of sp³-hybridized carbons (Fsp3) is 0.700. The molecule has 0 spiro atoms. The van der Waals surface area contributed by atoms with Crippen LogP contribution in [0.25, 0.3) is 0 Å². The van der Waals surface area contributed by atoms with Gasteiger partial charge >= 0.3 is 0 Å². The van der Waals surface area contributed by atoms with E-state index in [0.717, 1.165) is 19.5 Å². The first-order valence-electron chi connectivity index (χ1n) is 4.76. The molecule has 0 aromatic rings. The minimum atomic E-state index is 0.0596. The van der Waals surface area contributed by atoms with Gasteiger partial charge in [-0.3, -0.25) is 4.79 Å². The van der Waals surface area contributed by atoms with E-state index in [1.807, 2.05) is 11.8 Å². The SMILES string of the molecule is CCCN(CC)C(=O)/C(C)=C(/C)N. The number of carbonyl (C=O) groups excluding carboxylic acids is 1. The highest BCUT2D eigenvalue weighted by atomic mass is 16.2. The maximum Gasteiger partial charge on any atom is 0.251 e. The molecule has 2 N–H and O–H groups in total. The molecule has 0 rings (SSSR count). The zero-order valence-corrected chi connectivity index (χ0v) is 9.05. The Morgan fingerprint density at radius 3 is 2.15 bits per heavy atom. The summed E-state index contributed by atoms with van der Waals surface area (Å²) >= 11 is 0. The van der Waals surface area contributed by atoms with Crippen molar-refractivity contribution in [1.29, 1.82) is 0 Å². The topological polar surface area (TPSA) is 46.3 Å². The average molecular weight is 184 g/mol.